The van der Waals surface area contributed by atoms with E-state index >= 15 is 0 Å². The Kier molecular flexibility index (Phi) is 4.98. The van der Waals surface area contributed by atoms with Gasteiger partial charge in [-0.3, -0.25) is 14.2 Å². The van der Waals surface area contributed by atoms with Crippen molar-refractivity contribution < 1.29 is 4.79 Å². The molecule has 108 valence electrons. The second-order valence-corrected chi connectivity index (χ2v) is 6.16. The molecule has 0 atom stereocenters. The van der Waals surface area contributed by atoms with E-state index in [2.05, 4.69) is 42.1 Å². The molecular formula is C12H15Br2N5O. The van der Waals surface area contributed by atoms with Crippen molar-refractivity contribution in [3.63, 3.8) is 0 Å². The van der Waals surface area contributed by atoms with Gasteiger partial charge in [-0.15, -0.1) is 0 Å². The molecule has 0 saturated carbocycles. The molecule has 0 spiro atoms. The third-order valence-corrected chi connectivity index (χ3v) is 3.89. The monoisotopic (exact) mass is 403 g/mol. The summed E-state index contributed by atoms with van der Waals surface area (Å²) < 4.78 is 5.21. The topological polar surface area (TPSA) is 56.0 Å². The number of nitrogens with zero attached hydrogens (tertiary/aromatic N) is 5. The number of carbonyl (C=O) groups is 1. The summed E-state index contributed by atoms with van der Waals surface area (Å²) in [5, 5.41) is 8.48. The summed E-state index contributed by atoms with van der Waals surface area (Å²) in [6.07, 6.45) is 5.35. The van der Waals surface area contributed by atoms with Crippen molar-refractivity contribution in [2.24, 2.45) is 0 Å². The summed E-state index contributed by atoms with van der Waals surface area (Å²) in [6.45, 7) is 3.51. The molecule has 1 amide bonds. The number of carbonyl (C=O) groups excluding carboxylic acids is 1. The lowest BCUT2D eigenvalue weighted by atomic mass is 10.4. The number of hydrogen-bond donors (Lipinski definition) is 0. The van der Waals surface area contributed by atoms with E-state index in [9.17, 15) is 4.79 Å². The van der Waals surface area contributed by atoms with E-state index in [1.54, 1.807) is 29.0 Å². The Hall–Kier alpha value is -1.15. The van der Waals surface area contributed by atoms with Crippen LogP contribution in [0.4, 0.5) is 0 Å². The number of amides is 1. The van der Waals surface area contributed by atoms with Crippen molar-refractivity contribution in [1.29, 1.82) is 0 Å². The van der Waals surface area contributed by atoms with Gasteiger partial charge >= 0.3 is 0 Å². The Morgan fingerprint density at radius 2 is 2.10 bits per heavy atom. The van der Waals surface area contributed by atoms with Gasteiger partial charge in [0.25, 0.3) is 0 Å². The maximum atomic E-state index is 12.1. The van der Waals surface area contributed by atoms with E-state index < -0.39 is 0 Å². The smallest absolute Gasteiger partial charge is 0.244 e. The number of rotatable bonds is 5. The minimum absolute atomic E-state index is 0.0152. The largest absolute Gasteiger partial charge is 0.338 e. The Morgan fingerprint density at radius 1 is 1.35 bits per heavy atom. The maximum absolute atomic E-state index is 12.1. The molecule has 0 radical (unpaired) electrons. The highest BCUT2D eigenvalue weighted by Gasteiger charge is 2.14. The highest BCUT2D eigenvalue weighted by Crippen LogP contribution is 2.16. The van der Waals surface area contributed by atoms with E-state index in [1.165, 1.54) is 0 Å². The Labute approximate surface area is 134 Å². The summed E-state index contributed by atoms with van der Waals surface area (Å²) >= 11 is 6.77. The zero-order valence-electron chi connectivity index (χ0n) is 11.3. The van der Waals surface area contributed by atoms with Gasteiger partial charge in [-0.2, -0.15) is 10.2 Å². The predicted molar refractivity (Wildman–Crippen MR) is 82.0 cm³/mol. The van der Waals surface area contributed by atoms with E-state index in [0.29, 0.717) is 6.54 Å². The molecule has 20 heavy (non-hydrogen) atoms. The third-order valence-electron chi connectivity index (χ3n) is 2.82. The van der Waals surface area contributed by atoms with Crippen molar-refractivity contribution in [2.75, 3.05) is 7.05 Å². The highest BCUT2D eigenvalue weighted by molar-refractivity contribution is 9.10. The molecule has 8 heteroatoms. The summed E-state index contributed by atoms with van der Waals surface area (Å²) in [7, 11) is 1.76. The molecule has 0 bridgehead atoms. The Bertz CT molecular complexity index is 607. The van der Waals surface area contributed by atoms with E-state index in [-0.39, 0.29) is 12.5 Å². The first kappa shape index (κ1) is 15.2. The standard InChI is InChI=1S/C12H15Br2N5O/c1-3-18-6-10(14)11(16-18)7-17(2)12(20)8-19-5-9(13)4-15-19/h4-6H,3,7-8H2,1-2H3. The van der Waals surface area contributed by atoms with E-state index in [0.717, 1.165) is 21.2 Å². The molecule has 0 saturated heterocycles. The van der Waals surface area contributed by atoms with Gasteiger partial charge in [0.1, 0.15) is 6.54 Å². The minimum Gasteiger partial charge on any atom is -0.338 e. The zero-order chi connectivity index (χ0) is 14.7. The van der Waals surface area contributed by atoms with Crippen LogP contribution < -0.4 is 0 Å². The molecule has 0 unspecified atom stereocenters. The third kappa shape index (κ3) is 3.69. The first-order chi connectivity index (χ1) is 9.49. The van der Waals surface area contributed by atoms with Gasteiger partial charge in [0.15, 0.2) is 0 Å². The van der Waals surface area contributed by atoms with Crippen LogP contribution in [-0.2, 0) is 24.4 Å². The van der Waals surface area contributed by atoms with Crippen molar-refractivity contribution >= 4 is 37.8 Å². The molecule has 0 fully saturated rings. The van der Waals surface area contributed by atoms with Crippen LogP contribution in [0.2, 0.25) is 0 Å². The van der Waals surface area contributed by atoms with Crippen LogP contribution in [0.3, 0.4) is 0 Å². The molecule has 2 aromatic heterocycles. The lowest BCUT2D eigenvalue weighted by Crippen LogP contribution is -2.30. The van der Waals surface area contributed by atoms with Gasteiger partial charge in [-0.25, -0.2) is 0 Å². The molecule has 0 N–H and O–H groups in total. The minimum atomic E-state index is -0.0152. The predicted octanol–water partition coefficient (Wildman–Crippen LogP) is 2.28. The lowest BCUT2D eigenvalue weighted by molar-refractivity contribution is -0.131. The fraction of sp³-hybridized carbons (Fsp3) is 0.417. The van der Waals surface area contributed by atoms with Crippen molar-refractivity contribution in [3.8, 4) is 0 Å². The van der Waals surface area contributed by atoms with Gasteiger partial charge in [-0.05, 0) is 38.8 Å². The zero-order valence-corrected chi connectivity index (χ0v) is 14.4. The van der Waals surface area contributed by atoms with Crippen LogP contribution in [0.1, 0.15) is 12.6 Å². The Morgan fingerprint density at radius 3 is 2.65 bits per heavy atom. The van der Waals surface area contributed by atoms with Gasteiger partial charge in [0.2, 0.25) is 5.91 Å². The lowest BCUT2D eigenvalue weighted by Gasteiger charge is -2.16. The van der Waals surface area contributed by atoms with Crippen LogP contribution in [-0.4, -0.2) is 37.4 Å². The average Bonchev–Trinajstić information content (AvgIpc) is 2.96. The molecule has 2 aromatic rings. The number of aryl methyl sites for hydroxylation is 1. The summed E-state index contributed by atoms with van der Waals surface area (Å²) in [4.78, 5) is 13.8. The van der Waals surface area contributed by atoms with Gasteiger partial charge < -0.3 is 4.90 Å². The van der Waals surface area contributed by atoms with Crippen molar-refractivity contribution in [2.45, 2.75) is 26.6 Å². The van der Waals surface area contributed by atoms with Gasteiger partial charge in [0.05, 0.1) is 27.4 Å². The van der Waals surface area contributed by atoms with Gasteiger partial charge in [0, 0.05) is 26.0 Å². The van der Waals surface area contributed by atoms with Crippen LogP contribution in [0.25, 0.3) is 0 Å². The first-order valence-corrected chi connectivity index (χ1v) is 7.72. The molecule has 0 aliphatic rings. The van der Waals surface area contributed by atoms with Crippen molar-refractivity contribution in [1.82, 2.24) is 24.5 Å². The maximum Gasteiger partial charge on any atom is 0.244 e. The van der Waals surface area contributed by atoms with Gasteiger partial charge in [-0.1, -0.05) is 0 Å². The van der Waals surface area contributed by atoms with Crippen LogP contribution in [0.5, 0.6) is 0 Å². The fourth-order valence-corrected chi connectivity index (χ4v) is 2.47. The number of halogens is 2. The quantitative estimate of drug-likeness (QED) is 0.768. The van der Waals surface area contributed by atoms with Crippen LogP contribution in [0, 0.1) is 0 Å². The Balaban J connectivity index is 1.98. The summed E-state index contributed by atoms with van der Waals surface area (Å²) in [5.41, 5.74) is 0.851. The van der Waals surface area contributed by atoms with E-state index in [1.807, 2.05) is 17.8 Å². The SMILES string of the molecule is CCn1cc(Br)c(CN(C)C(=O)Cn2cc(Br)cn2)n1. The normalized spacial score (nSPS) is 10.8. The molecule has 0 aliphatic heterocycles. The van der Waals surface area contributed by atoms with Crippen molar-refractivity contribution in [3.05, 3.63) is 33.2 Å². The van der Waals surface area contributed by atoms with E-state index in [4.69, 9.17) is 0 Å². The average molecular weight is 405 g/mol. The number of hydrogen-bond acceptors (Lipinski definition) is 3. The first-order valence-electron chi connectivity index (χ1n) is 6.13. The molecule has 2 heterocycles. The molecule has 2 rings (SSSR count). The molecule has 0 aromatic carbocycles. The number of aromatic nitrogens is 4. The molecular weight excluding hydrogens is 390 g/mol. The molecule has 6 nitrogen and oxygen atoms in total. The summed E-state index contributed by atoms with van der Waals surface area (Å²) in [6, 6.07) is 0. The molecule has 0 aliphatic carbocycles. The second-order valence-electron chi connectivity index (χ2n) is 4.39. The summed E-state index contributed by atoms with van der Waals surface area (Å²) in [5.74, 6) is -0.0152. The van der Waals surface area contributed by atoms with Crippen LogP contribution >= 0.6 is 31.9 Å². The number of likely N-dealkylation sites (N-methyl/N-ethyl adjacent to an activating group) is 1. The fourth-order valence-electron chi connectivity index (χ4n) is 1.70. The highest BCUT2D eigenvalue weighted by atomic mass is 79.9. The second kappa shape index (κ2) is 6.53. The van der Waals surface area contributed by atoms with Crippen LogP contribution in [0.15, 0.2) is 27.5 Å².